The summed E-state index contributed by atoms with van der Waals surface area (Å²) in [7, 11) is 0. The minimum atomic E-state index is -0.322. The molecule has 2 N–H and O–H groups in total. The maximum Gasteiger partial charge on any atom is 0.302 e. The van der Waals surface area contributed by atoms with E-state index in [1.807, 2.05) is 24.4 Å². The zero-order valence-electron chi connectivity index (χ0n) is 11.3. The first-order chi connectivity index (χ1) is 9.59. The molecule has 0 unspecified atom stereocenters. The maximum atomic E-state index is 10.5. The molecule has 0 amide bonds. The summed E-state index contributed by atoms with van der Waals surface area (Å²) < 4.78 is 9.88. The second kappa shape index (κ2) is 9.40. The molecule has 8 heteroatoms. The first-order valence-electron chi connectivity index (χ1n) is 5.92. The van der Waals surface area contributed by atoms with Gasteiger partial charge in [0, 0.05) is 11.8 Å². The van der Waals surface area contributed by atoms with Crippen LogP contribution in [-0.4, -0.2) is 36.7 Å². The summed E-state index contributed by atoms with van der Waals surface area (Å²) in [5.74, 6) is -0.322. The number of carbonyl (C=O) groups excluding carboxylic acids is 1. The molecule has 6 nitrogen and oxygen atoms in total. The van der Waals surface area contributed by atoms with E-state index in [2.05, 4.69) is 15.8 Å². The third-order valence-corrected chi connectivity index (χ3v) is 3.28. The van der Waals surface area contributed by atoms with E-state index in [4.69, 9.17) is 21.7 Å². The van der Waals surface area contributed by atoms with Crippen LogP contribution in [0.3, 0.4) is 0 Å². The van der Waals surface area contributed by atoms with Gasteiger partial charge in [-0.1, -0.05) is 6.07 Å². The molecule has 1 aromatic rings. The van der Waals surface area contributed by atoms with E-state index in [-0.39, 0.29) is 19.3 Å². The topological polar surface area (TPSA) is 72.0 Å². The van der Waals surface area contributed by atoms with Crippen molar-refractivity contribution in [3.05, 3.63) is 22.4 Å². The van der Waals surface area contributed by atoms with Gasteiger partial charge in [-0.25, -0.2) is 0 Å². The second-order valence-corrected chi connectivity index (χ2v) is 5.04. The molecular weight excluding hydrogens is 298 g/mol. The van der Waals surface area contributed by atoms with Gasteiger partial charge in [-0.3, -0.25) is 10.2 Å². The molecule has 0 radical (unpaired) electrons. The fraction of sp³-hybridized carbons (Fsp3) is 0.417. The molecule has 0 aromatic carbocycles. The van der Waals surface area contributed by atoms with Crippen LogP contribution < -0.4 is 10.7 Å². The molecule has 0 aliphatic rings. The van der Waals surface area contributed by atoms with Crippen molar-refractivity contribution < 1.29 is 14.3 Å². The monoisotopic (exact) mass is 315 g/mol. The van der Waals surface area contributed by atoms with Gasteiger partial charge in [0.25, 0.3) is 0 Å². The quantitative estimate of drug-likeness (QED) is 0.198. The summed E-state index contributed by atoms with van der Waals surface area (Å²) in [5.41, 5.74) is 3.59. The molecule has 0 atom stereocenters. The number of thiocarbonyl (C=S) groups is 1. The van der Waals surface area contributed by atoms with Gasteiger partial charge in [-0.15, -0.1) is 11.3 Å². The van der Waals surface area contributed by atoms with Gasteiger partial charge in [-0.2, -0.15) is 5.10 Å². The van der Waals surface area contributed by atoms with Crippen molar-refractivity contribution >= 4 is 40.3 Å². The third kappa shape index (κ3) is 7.17. The molecule has 110 valence electrons. The highest BCUT2D eigenvalue weighted by Gasteiger charge is 1.99. The van der Waals surface area contributed by atoms with Gasteiger partial charge in [0.05, 0.1) is 12.3 Å². The Hall–Kier alpha value is -1.51. The first-order valence-corrected chi connectivity index (χ1v) is 7.21. The number of nitrogens with zero attached hydrogens (tertiary/aromatic N) is 1. The van der Waals surface area contributed by atoms with Crippen LogP contribution in [0.1, 0.15) is 18.7 Å². The highest BCUT2D eigenvalue weighted by molar-refractivity contribution is 7.80. The van der Waals surface area contributed by atoms with Crippen LogP contribution in [0.4, 0.5) is 0 Å². The Labute approximate surface area is 127 Å². The van der Waals surface area contributed by atoms with Gasteiger partial charge < -0.3 is 14.8 Å². The van der Waals surface area contributed by atoms with Gasteiger partial charge in [-0.05, 0) is 30.6 Å². The fourth-order valence-corrected chi connectivity index (χ4v) is 1.93. The Morgan fingerprint density at radius 2 is 2.25 bits per heavy atom. The number of esters is 1. The minimum absolute atomic E-state index is 0.223. The molecule has 0 fully saturated rings. The van der Waals surface area contributed by atoms with Gasteiger partial charge in [0.1, 0.15) is 13.3 Å². The van der Waals surface area contributed by atoms with E-state index in [0.717, 1.165) is 10.6 Å². The fourth-order valence-electron chi connectivity index (χ4n) is 1.15. The molecule has 20 heavy (non-hydrogen) atoms. The van der Waals surface area contributed by atoms with Crippen molar-refractivity contribution in [2.45, 2.75) is 13.8 Å². The van der Waals surface area contributed by atoms with Crippen LogP contribution in [0.2, 0.25) is 0 Å². The zero-order valence-corrected chi connectivity index (χ0v) is 13.0. The Balaban J connectivity index is 2.12. The number of nitrogens with one attached hydrogen (secondary N) is 2. The lowest BCUT2D eigenvalue weighted by atomic mass is 10.3. The van der Waals surface area contributed by atoms with Gasteiger partial charge in [0.15, 0.2) is 5.11 Å². The molecule has 0 spiro atoms. The number of ether oxygens (including phenoxy) is 2. The van der Waals surface area contributed by atoms with Crippen molar-refractivity contribution in [2.75, 3.05) is 19.9 Å². The highest BCUT2D eigenvalue weighted by atomic mass is 32.1. The number of hydrogen-bond acceptors (Lipinski definition) is 6. The molecule has 0 aliphatic heterocycles. The largest absolute Gasteiger partial charge is 0.463 e. The van der Waals surface area contributed by atoms with Gasteiger partial charge >= 0.3 is 5.97 Å². The summed E-state index contributed by atoms with van der Waals surface area (Å²) in [6, 6.07) is 3.95. The van der Waals surface area contributed by atoms with E-state index in [0.29, 0.717) is 11.7 Å². The number of carbonyl (C=O) groups is 1. The number of hydrogen-bond donors (Lipinski definition) is 2. The molecule has 1 aromatic heterocycles. The molecule has 1 heterocycles. The molecular formula is C12H17N3O3S2. The lowest BCUT2D eigenvalue weighted by Gasteiger charge is -2.08. The van der Waals surface area contributed by atoms with Crippen LogP contribution in [0, 0.1) is 0 Å². The molecule has 1 rings (SSSR count). The van der Waals surface area contributed by atoms with Crippen LogP contribution in [-0.2, 0) is 14.3 Å². The summed E-state index contributed by atoms with van der Waals surface area (Å²) in [6.45, 7) is 4.02. The van der Waals surface area contributed by atoms with E-state index >= 15 is 0 Å². The van der Waals surface area contributed by atoms with Crippen molar-refractivity contribution in [2.24, 2.45) is 5.10 Å². The SMILES string of the molecule is CC(=O)OCCOCNC(=S)N/N=C(\C)c1cccs1. The lowest BCUT2D eigenvalue weighted by Crippen LogP contribution is -2.34. The van der Waals surface area contributed by atoms with E-state index in [9.17, 15) is 4.79 Å². The number of rotatable bonds is 7. The van der Waals surface area contributed by atoms with E-state index in [1.54, 1.807) is 11.3 Å². The van der Waals surface area contributed by atoms with Crippen LogP contribution in [0.25, 0.3) is 0 Å². The zero-order chi connectivity index (χ0) is 14.8. The molecule has 0 saturated carbocycles. The standard InChI is InChI=1S/C12H17N3O3S2/c1-9(11-4-3-7-20-11)14-15-12(19)13-8-17-5-6-18-10(2)16/h3-4,7H,5-6,8H2,1-2H3,(H2,13,15,19)/b14-9+. The number of hydrazone groups is 1. The van der Waals surface area contributed by atoms with Crippen molar-refractivity contribution in [3.63, 3.8) is 0 Å². The average molecular weight is 315 g/mol. The summed E-state index contributed by atoms with van der Waals surface area (Å²) in [5, 5.41) is 9.34. The molecule has 0 aliphatic carbocycles. The normalized spacial score (nSPS) is 11.0. The maximum absolute atomic E-state index is 10.5. The smallest absolute Gasteiger partial charge is 0.302 e. The summed E-state index contributed by atoms with van der Waals surface area (Å²) in [4.78, 5) is 11.6. The Kier molecular flexibility index (Phi) is 7.78. The first kappa shape index (κ1) is 16.5. The second-order valence-electron chi connectivity index (χ2n) is 3.68. The molecule has 0 saturated heterocycles. The predicted octanol–water partition coefficient (Wildman–Crippen LogP) is 1.47. The summed E-state index contributed by atoms with van der Waals surface area (Å²) in [6.07, 6.45) is 0. The predicted molar refractivity (Wildman–Crippen MR) is 82.9 cm³/mol. The third-order valence-electron chi connectivity index (χ3n) is 2.07. The Morgan fingerprint density at radius 3 is 2.90 bits per heavy atom. The lowest BCUT2D eigenvalue weighted by molar-refractivity contribution is -0.142. The highest BCUT2D eigenvalue weighted by Crippen LogP contribution is 2.08. The van der Waals surface area contributed by atoms with Crippen molar-refractivity contribution in [1.29, 1.82) is 0 Å². The van der Waals surface area contributed by atoms with E-state index in [1.165, 1.54) is 6.92 Å². The van der Waals surface area contributed by atoms with Crippen LogP contribution >= 0.6 is 23.6 Å². The average Bonchev–Trinajstić information content (AvgIpc) is 2.93. The Bertz CT molecular complexity index is 461. The van der Waals surface area contributed by atoms with Crippen molar-refractivity contribution in [3.8, 4) is 0 Å². The summed E-state index contributed by atoms with van der Waals surface area (Å²) >= 11 is 6.64. The van der Waals surface area contributed by atoms with Gasteiger partial charge in [0.2, 0.25) is 0 Å². The minimum Gasteiger partial charge on any atom is -0.463 e. The molecule has 0 bridgehead atoms. The Morgan fingerprint density at radius 1 is 1.45 bits per heavy atom. The van der Waals surface area contributed by atoms with Crippen LogP contribution in [0.5, 0.6) is 0 Å². The van der Waals surface area contributed by atoms with E-state index < -0.39 is 0 Å². The van der Waals surface area contributed by atoms with Crippen molar-refractivity contribution in [1.82, 2.24) is 10.7 Å². The number of thiophene rings is 1. The van der Waals surface area contributed by atoms with Crippen LogP contribution in [0.15, 0.2) is 22.6 Å².